The number of hydrogen-bond donors (Lipinski definition) is 6. The number of rotatable bonds is 20. The highest BCUT2D eigenvalue weighted by atomic mass is 35.5. The number of aliphatic carboxylic acids is 2. The van der Waals surface area contributed by atoms with Gasteiger partial charge < -0.3 is 31.1 Å². The highest BCUT2D eigenvalue weighted by molar-refractivity contribution is 6.33. The zero-order valence-electron chi connectivity index (χ0n) is 42.8. The van der Waals surface area contributed by atoms with Crippen molar-refractivity contribution in [3.8, 4) is 11.5 Å². The number of carboxylic acid groups (broad SMARTS) is 2. The molecule has 0 radical (unpaired) electrons. The van der Waals surface area contributed by atoms with Crippen molar-refractivity contribution in [2.45, 2.75) is 177 Å². The molecule has 0 aliphatic heterocycles. The topological polar surface area (TPSA) is 173 Å². The summed E-state index contributed by atoms with van der Waals surface area (Å²) in [6.07, 6.45) is 19.6. The van der Waals surface area contributed by atoms with Crippen LogP contribution in [0, 0.1) is 70.0 Å². The van der Waals surface area contributed by atoms with Gasteiger partial charge in [0.05, 0.1) is 21.2 Å². The second kappa shape index (κ2) is 22.8. The number of allylic oxidation sites excluding steroid dienone is 1. The lowest BCUT2D eigenvalue weighted by Gasteiger charge is -2.61. The fourth-order valence-electron chi connectivity index (χ4n) is 14.2. The van der Waals surface area contributed by atoms with E-state index in [0.717, 1.165) is 48.3 Å². The van der Waals surface area contributed by atoms with Gasteiger partial charge in [0.1, 0.15) is 23.6 Å². The molecule has 4 aliphatic rings. The fraction of sp³-hybridized carbons (Fsp3) is 0.684. The lowest BCUT2D eigenvalue weighted by molar-refractivity contribution is -0.140. The van der Waals surface area contributed by atoms with Gasteiger partial charge in [-0.15, -0.1) is 0 Å². The molecule has 6 N–H and O–H groups in total. The van der Waals surface area contributed by atoms with Crippen LogP contribution in [0.5, 0.6) is 11.5 Å². The molecule has 69 heavy (non-hydrogen) atoms. The van der Waals surface area contributed by atoms with Gasteiger partial charge >= 0.3 is 11.9 Å². The van der Waals surface area contributed by atoms with Crippen molar-refractivity contribution in [1.82, 2.24) is 10.6 Å². The first kappa shape index (κ1) is 54.6. The standard InChI is InChI=1S/C57H82Cl2N2O8/c1-31(2)12-10-13-34(7)43-18-19-44-40-17-16-38-26-35(20-22-56(38,8)45(40)21-23-57(43,44)9)14-11-15-39(36-27-41(50(62)46(58)29-36)52(64)60-48(54(66)67)24-32(3)4)37-28-42(51(63)47(59)30-37)53(65)61-49(55(68)69)25-33(5)6/h15,27-35,38,40,43-45,48-49,62-63H,10-14,16-26H2,1-9H3,(H,60,64)(H,61,65)(H,66,67)(H,68,69)/t34?,35-,38?,40-,43+,44-,45-,48-,49-,56-,57+/m0/s1. The molecule has 4 aliphatic carbocycles. The SMILES string of the molecule is CC(C)CCCC(C)[C@H]1CC[C@H]2[C@@H]3CCC4C[C@@H](CCC=C(c5cc(Cl)c(O)c(C(=O)N[C@@H](CC(C)C)C(=O)O)c5)c5cc(Cl)c(O)c(C(=O)N[C@@H](CC(C)C)C(=O)O)c5)CC[C@]4(C)[C@H]3CC[C@]12C. The van der Waals surface area contributed by atoms with Gasteiger partial charge in [0, 0.05) is 0 Å². The molecule has 0 saturated heterocycles. The van der Waals surface area contributed by atoms with E-state index in [0.29, 0.717) is 45.8 Å². The zero-order valence-corrected chi connectivity index (χ0v) is 44.3. The summed E-state index contributed by atoms with van der Waals surface area (Å²) in [4.78, 5) is 51.8. The average Bonchev–Trinajstić information content (AvgIpc) is 3.63. The average molecular weight is 994 g/mol. The molecule has 4 fully saturated rings. The minimum absolute atomic E-state index is 0.0409. The number of nitrogens with one attached hydrogen (secondary N) is 2. The third-order valence-corrected chi connectivity index (χ3v) is 18.3. The Morgan fingerprint density at radius 1 is 0.681 bits per heavy atom. The predicted octanol–water partition coefficient (Wildman–Crippen LogP) is 13.8. The summed E-state index contributed by atoms with van der Waals surface area (Å²) in [6, 6.07) is 3.48. The highest BCUT2D eigenvalue weighted by Gasteiger charge is 2.60. The zero-order chi connectivity index (χ0) is 50.7. The Hall–Kier alpha value is -3.76. The van der Waals surface area contributed by atoms with Crippen LogP contribution in [-0.4, -0.2) is 56.3 Å². The quantitative estimate of drug-likeness (QED) is 0.0760. The Morgan fingerprint density at radius 3 is 1.71 bits per heavy atom. The maximum atomic E-state index is 13.7. The van der Waals surface area contributed by atoms with Crippen LogP contribution in [0.1, 0.15) is 197 Å². The Labute approximate surface area is 422 Å². The van der Waals surface area contributed by atoms with Crippen LogP contribution >= 0.6 is 23.2 Å². The summed E-state index contributed by atoms with van der Waals surface area (Å²) in [5.74, 6) is 0.846. The Kier molecular flexibility index (Phi) is 18.0. The highest BCUT2D eigenvalue weighted by Crippen LogP contribution is 2.69. The summed E-state index contributed by atoms with van der Waals surface area (Å²) < 4.78 is 0. The predicted molar refractivity (Wildman–Crippen MR) is 276 cm³/mol. The van der Waals surface area contributed by atoms with Crippen LogP contribution in [0.3, 0.4) is 0 Å². The molecule has 2 aromatic carbocycles. The number of fused-ring (bicyclic) bond motifs is 5. The van der Waals surface area contributed by atoms with E-state index in [1.54, 1.807) is 0 Å². The Morgan fingerprint density at radius 2 is 1.20 bits per heavy atom. The van der Waals surface area contributed by atoms with Gasteiger partial charge in [0.15, 0.2) is 0 Å². The molecule has 2 unspecified atom stereocenters. The van der Waals surface area contributed by atoms with Crippen molar-refractivity contribution in [3.05, 3.63) is 62.6 Å². The van der Waals surface area contributed by atoms with Gasteiger partial charge in [-0.2, -0.15) is 0 Å². The van der Waals surface area contributed by atoms with Crippen LogP contribution in [-0.2, 0) is 9.59 Å². The van der Waals surface area contributed by atoms with Crippen LogP contribution in [0.4, 0.5) is 0 Å². The van der Waals surface area contributed by atoms with E-state index < -0.39 is 47.3 Å². The summed E-state index contributed by atoms with van der Waals surface area (Å²) in [5, 5.41) is 46.9. The third kappa shape index (κ3) is 12.3. The van der Waals surface area contributed by atoms with Crippen molar-refractivity contribution >= 4 is 52.5 Å². The van der Waals surface area contributed by atoms with Gasteiger partial charge in [-0.3, -0.25) is 9.59 Å². The van der Waals surface area contributed by atoms with Crippen LogP contribution < -0.4 is 10.6 Å². The second-order valence-corrected chi connectivity index (χ2v) is 24.5. The largest absolute Gasteiger partial charge is 0.506 e. The first-order valence-corrected chi connectivity index (χ1v) is 27.0. The summed E-state index contributed by atoms with van der Waals surface area (Å²) >= 11 is 13.3. The van der Waals surface area contributed by atoms with Gasteiger partial charge in [0.25, 0.3) is 11.8 Å². The fourth-order valence-corrected chi connectivity index (χ4v) is 14.7. The number of phenolic OH excluding ortho intramolecular Hbond substituents is 2. The van der Waals surface area contributed by atoms with Crippen LogP contribution in [0.2, 0.25) is 10.0 Å². The van der Waals surface area contributed by atoms with Crippen molar-refractivity contribution in [2.75, 3.05) is 0 Å². The first-order valence-electron chi connectivity index (χ1n) is 26.3. The van der Waals surface area contributed by atoms with E-state index in [1.165, 1.54) is 94.9 Å². The minimum Gasteiger partial charge on any atom is -0.506 e. The molecule has 2 aromatic rings. The number of halogens is 2. The van der Waals surface area contributed by atoms with Crippen LogP contribution in [0.15, 0.2) is 30.3 Å². The van der Waals surface area contributed by atoms with Crippen molar-refractivity contribution in [3.63, 3.8) is 0 Å². The monoisotopic (exact) mass is 993 g/mol. The molecule has 10 nitrogen and oxygen atoms in total. The van der Waals surface area contributed by atoms with Gasteiger partial charge in [-0.1, -0.05) is 111 Å². The van der Waals surface area contributed by atoms with E-state index in [-0.39, 0.29) is 45.8 Å². The van der Waals surface area contributed by atoms with Gasteiger partial charge in [-0.25, -0.2) is 9.59 Å². The molecule has 11 atom stereocenters. The Balaban J connectivity index is 1.25. The number of carbonyl (C=O) groups excluding carboxylic acids is 2. The number of carboxylic acids is 2. The van der Waals surface area contributed by atoms with E-state index in [1.807, 2.05) is 33.8 Å². The molecule has 0 aromatic heterocycles. The molecular weight excluding hydrogens is 912 g/mol. The van der Waals surface area contributed by atoms with Crippen molar-refractivity contribution < 1.29 is 39.6 Å². The first-order chi connectivity index (χ1) is 32.4. The second-order valence-electron chi connectivity index (χ2n) is 23.7. The number of amides is 2. The maximum absolute atomic E-state index is 13.7. The summed E-state index contributed by atoms with van der Waals surface area (Å²) in [5.41, 5.74) is 1.66. The van der Waals surface area contributed by atoms with Gasteiger partial charge in [0.2, 0.25) is 0 Å². The number of aromatic hydroxyl groups is 2. The number of phenols is 2. The maximum Gasteiger partial charge on any atom is 0.326 e. The molecule has 6 rings (SSSR count). The van der Waals surface area contributed by atoms with E-state index >= 15 is 0 Å². The summed E-state index contributed by atoms with van der Waals surface area (Å²) in [6.45, 7) is 19.9. The molecule has 4 saturated carbocycles. The molecule has 0 spiro atoms. The number of benzene rings is 2. The molecule has 382 valence electrons. The number of carbonyl (C=O) groups is 4. The minimum atomic E-state index is -1.21. The van der Waals surface area contributed by atoms with Crippen molar-refractivity contribution in [2.24, 2.45) is 70.0 Å². The van der Waals surface area contributed by atoms with Crippen LogP contribution in [0.25, 0.3) is 5.57 Å². The lowest BCUT2D eigenvalue weighted by Crippen LogP contribution is -2.53. The normalized spacial score (nSPS) is 27.7. The smallest absolute Gasteiger partial charge is 0.326 e. The van der Waals surface area contributed by atoms with E-state index in [9.17, 15) is 39.6 Å². The molecule has 0 bridgehead atoms. The number of hydrogen-bond acceptors (Lipinski definition) is 6. The van der Waals surface area contributed by atoms with Gasteiger partial charge in [-0.05, 0) is 194 Å². The summed E-state index contributed by atoms with van der Waals surface area (Å²) in [7, 11) is 0. The third-order valence-electron chi connectivity index (χ3n) is 17.8. The van der Waals surface area contributed by atoms with Crippen molar-refractivity contribution in [1.29, 1.82) is 0 Å². The van der Waals surface area contributed by atoms with E-state index in [4.69, 9.17) is 23.2 Å². The molecule has 12 heteroatoms. The molecular formula is C57H82Cl2N2O8. The molecule has 2 amide bonds. The molecule has 0 heterocycles. The Bertz CT molecular complexity index is 2120. The lowest BCUT2D eigenvalue weighted by atomic mass is 9.44. The van der Waals surface area contributed by atoms with E-state index in [2.05, 4.69) is 45.3 Å².